The van der Waals surface area contributed by atoms with Gasteiger partial charge in [-0.05, 0) is 18.4 Å². The molecule has 0 saturated heterocycles. The Labute approximate surface area is 199 Å². The van der Waals surface area contributed by atoms with E-state index in [9.17, 15) is 29.1 Å². The Morgan fingerprint density at radius 2 is 1.70 bits per heavy atom. The fraction of sp³-hybridized carbons (Fsp3) is 0.556. The van der Waals surface area contributed by atoms with Crippen LogP contribution in [0.1, 0.15) is 18.5 Å². The average Bonchev–Trinajstić information content (AvgIpc) is 3.26. The normalized spacial score (nSPS) is 14.4. The van der Waals surface area contributed by atoms with Crippen LogP contribution in [0.2, 0.25) is 0 Å². The summed E-state index contributed by atoms with van der Waals surface area (Å²) in [4.78, 5) is 66.5. The molecule has 0 aromatic carbocycles. The fourth-order valence-electron chi connectivity index (χ4n) is 2.62. The monoisotopic (exact) mass is 504 g/mol. The van der Waals surface area contributed by atoms with Crippen molar-refractivity contribution < 1.29 is 34.2 Å². The van der Waals surface area contributed by atoms with E-state index in [1.54, 1.807) is 6.26 Å². The van der Waals surface area contributed by atoms with Crippen molar-refractivity contribution in [3.05, 3.63) is 18.2 Å². The van der Waals surface area contributed by atoms with Crippen LogP contribution < -0.4 is 21.7 Å². The minimum atomic E-state index is -1.38. The van der Waals surface area contributed by atoms with Crippen LogP contribution in [0.5, 0.6) is 0 Å². The zero-order valence-electron chi connectivity index (χ0n) is 17.8. The van der Waals surface area contributed by atoms with Gasteiger partial charge in [-0.25, -0.2) is 9.78 Å². The number of hydrogen-bond acceptors (Lipinski definition) is 9. The molecule has 0 bridgehead atoms. The van der Waals surface area contributed by atoms with Gasteiger partial charge in [0.25, 0.3) is 0 Å². The molecule has 184 valence electrons. The molecular weight excluding hydrogens is 476 g/mol. The summed E-state index contributed by atoms with van der Waals surface area (Å²) in [7, 11) is 0. The van der Waals surface area contributed by atoms with Crippen molar-refractivity contribution in [2.45, 2.75) is 43.4 Å². The number of aromatic nitrogens is 2. The number of thiol groups is 1. The topological polar surface area (TPSA) is 217 Å². The van der Waals surface area contributed by atoms with Gasteiger partial charge in [-0.15, -0.1) is 0 Å². The van der Waals surface area contributed by atoms with Gasteiger partial charge in [-0.1, -0.05) is 0 Å². The van der Waals surface area contributed by atoms with E-state index in [2.05, 4.69) is 38.5 Å². The van der Waals surface area contributed by atoms with Crippen LogP contribution in [-0.2, 0) is 30.4 Å². The molecular formula is C18H28N6O7S2. The van der Waals surface area contributed by atoms with Crippen molar-refractivity contribution in [3.63, 3.8) is 0 Å². The minimum absolute atomic E-state index is 0.0296. The van der Waals surface area contributed by atoms with Crippen molar-refractivity contribution in [2.24, 2.45) is 5.73 Å². The van der Waals surface area contributed by atoms with Crippen LogP contribution in [0, 0.1) is 0 Å². The van der Waals surface area contributed by atoms with E-state index in [0.717, 1.165) is 0 Å². The molecule has 0 fully saturated rings. The maximum atomic E-state index is 12.8. The number of hydrogen-bond donors (Lipinski definition) is 8. The number of carbonyl (C=O) groups is 5. The Bertz CT molecular complexity index is 823. The van der Waals surface area contributed by atoms with E-state index in [4.69, 9.17) is 10.8 Å². The van der Waals surface area contributed by atoms with Crippen molar-refractivity contribution in [1.82, 2.24) is 25.9 Å². The number of H-pyrrole nitrogens is 1. The summed E-state index contributed by atoms with van der Waals surface area (Å²) in [5, 5.41) is 25.3. The van der Waals surface area contributed by atoms with Gasteiger partial charge in [0.2, 0.25) is 17.7 Å². The predicted octanol–water partition coefficient (Wildman–Crippen LogP) is -2.02. The zero-order chi connectivity index (χ0) is 25.0. The molecule has 1 heterocycles. The molecule has 0 radical (unpaired) electrons. The summed E-state index contributed by atoms with van der Waals surface area (Å²) in [6.45, 7) is 0. The van der Waals surface area contributed by atoms with Gasteiger partial charge in [0.1, 0.15) is 18.1 Å². The highest BCUT2D eigenvalue weighted by Crippen LogP contribution is 2.05. The lowest BCUT2D eigenvalue weighted by Gasteiger charge is -2.24. The molecule has 13 nitrogen and oxygen atoms in total. The number of aromatic amines is 1. The first-order valence-corrected chi connectivity index (χ1v) is 11.8. The van der Waals surface area contributed by atoms with Crippen LogP contribution in [0.4, 0.5) is 0 Å². The summed E-state index contributed by atoms with van der Waals surface area (Å²) in [5.41, 5.74) is 6.00. The smallest absolute Gasteiger partial charge is 0.326 e. The second-order valence-corrected chi connectivity index (χ2v) is 8.32. The molecule has 1 aromatic heterocycles. The lowest BCUT2D eigenvalue weighted by Crippen LogP contribution is -2.58. The number of imidazole rings is 1. The van der Waals surface area contributed by atoms with Gasteiger partial charge in [-0.3, -0.25) is 19.2 Å². The Morgan fingerprint density at radius 3 is 2.21 bits per heavy atom. The van der Waals surface area contributed by atoms with E-state index in [0.29, 0.717) is 11.4 Å². The Kier molecular flexibility index (Phi) is 12.3. The van der Waals surface area contributed by atoms with Crippen molar-refractivity contribution in [2.75, 3.05) is 17.8 Å². The molecule has 0 aliphatic carbocycles. The van der Waals surface area contributed by atoms with Gasteiger partial charge in [0.05, 0.1) is 18.8 Å². The molecule has 0 spiro atoms. The molecule has 3 amide bonds. The zero-order valence-corrected chi connectivity index (χ0v) is 19.5. The third-order valence-corrected chi connectivity index (χ3v) is 5.39. The van der Waals surface area contributed by atoms with Gasteiger partial charge in [0.15, 0.2) is 0 Å². The van der Waals surface area contributed by atoms with E-state index in [1.165, 1.54) is 24.3 Å². The first-order chi connectivity index (χ1) is 15.6. The highest BCUT2D eigenvalue weighted by atomic mass is 32.2. The number of carboxylic acids is 2. The van der Waals surface area contributed by atoms with Crippen molar-refractivity contribution in [1.29, 1.82) is 0 Å². The second-order valence-electron chi connectivity index (χ2n) is 6.97. The first-order valence-electron chi connectivity index (χ1n) is 9.77. The standard InChI is InChI=1S/C18H28N6O7S2/c1-33-3-2-11(18(30)31)22-16(28)12(4-9-6-20-8-21-9)23-17(29)13(7-32)24-15(27)10(19)5-14(25)26/h6,8,10-13,32H,2-5,7,19H2,1H3,(H,20,21)(H,22,28)(H,23,29)(H,24,27)(H,25,26)(H,30,31). The first kappa shape index (κ1) is 28.3. The second kappa shape index (κ2) is 14.4. The number of thioether (sulfide) groups is 1. The van der Waals surface area contributed by atoms with Crippen LogP contribution in [0.25, 0.3) is 0 Å². The molecule has 15 heteroatoms. The average molecular weight is 505 g/mol. The highest BCUT2D eigenvalue weighted by molar-refractivity contribution is 7.98. The van der Waals surface area contributed by atoms with E-state index >= 15 is 0 Å². The van der Waals surface area contributed by atoms with Gasteiger partial charge in [-0.2, -0.15) is 24.4 Å². The number of rotatable bonds is 15. The molecule has 8 N–H and O–H groups in total. The highest BCUT2D eigenvalue weighted by Gasteiger charge is 2.30. The third kappa shape index (κ3) is 10.1. The largest absolute Gasteiger partial charge is 0.481 e. The number of nitrogens with two attached hydrogens (primary N) is 1. The lowest BCUT2D eigenvalue weighted by atomic mass is 10.1. The lowest BCUT2D eigenvalue weighted by molar-refractivity contribution is -0.142. The summed E-state index contributed by atoms with van der Waals surface area (Å²) >= 11 is 5.44. The number of aliphatic carboxylic acids is 2. The maximum absolute atomic E-state index is 12.8. The fourth-order valence-corrected chi connectivity index (χ4v) is 3.35. The predicted molar refractivity (Wildman–Crippen MR) is 123 cm³/mol. The van der Waals surface area contributed by atoms with Crippen LogP contribution in [0.3, 0.4) is 0 Å². The Hall–Kier alpha value is -2.78. The van der Waals surface area contributed by atoms with Crippen LogP contribution in [0.15, 0.2) is 12.5 Å². The van der Waals surface area contributed by atoms with Gasteiger partial charge < -0.3 is 36.9 Å². The van der Waals surface area contributed by atoms with Crippen molar-refractivity contribution >= 4 is 54.1 Å². The maximum Gasteiger partial charge on any atom is 0.326 e. The quantitative estimate of drug-likeness (QED) is 0.123. The molecule has 4 atom stereocenters. The number of nitrogens with one attached hydrogen (secondary N) is 4. The van der Waals surface area contributed by atoms with Gasteiger partial charge >= 0.3 is 11.9 Å². The van der Waals surface area contributed by atoms with Crippen molar-refractivity contribution in [3.8, 4) is 0 Å². The van der Waals surface area contributed by atoms with E-state index in [-0.39, 0.29) is 18.6 Å². The summed E-state index contributed by atoms with van der Waals surface area (Å²) in [6, 6.07) is -4.94. The molecule has 0 saturated carbocycles. The van der Waals surface area contributed by atoms with Crippen LogP contribution >= 0.6 is 24.4 Å². The Balaban J connectivity index is 2.93. The SMILES string of the molecule is CSCCC(NC(=O)C(Cc1cnc[nH]1)NC(=O)C(CS)NC(=O)C(N)CC(=O)O)C(=O)O. The van der Waals surface area contributed by atoms with Gasteiger partial charge in [0, 0.05) is 24.1 Å². The number of amides is 3. The number of carboxylic acid groups (broad SMARTS) is 2. The van der Waals surface area contributed by atoms with E-state index in [1.807, 2.05) is 0 Å². The summed E-state index contributed by atoms with van der Waals surface area (Å²) < 4.78 is 0. The van der Waals surface area contributed by atoms with Crippen LogP contribution in [-0.4, -0.2) is 91.8 Å². The molecule has 33 heavy (non-hydrogen) atoms. The number of nitrogens with zero attached hydrogens (tertiary/aromatic N) is 1. The Morgan fingerprint density at radius 1 is 1.09 bits per heavy atom. The molecule has 0 aliphatic rings. The molecule has 4 unspecified atom stereocenters. The number of carbonyl (C=O) groups excluding carboxylic acids is 3. The van der Waals surface area contributed by atoms with E-state index < -0.39 is 60.2 Å². The third-order valence-electron chi connectivity index (χ3n) is 4.38. The molecule has 0 aliphatic heterocycles. The molecule has 1 rings (SSSR count). The molecule has 1 aromatic rings. The summed E-state index contributed by atoms with van der Waals surface area (Å²) in [5.74, 6) is -4.55. The summed E-state index contributed by atoms with van der Waals surface area (Å²) in [6.07, 6.45) is 4.14. The minimum Gasteiger partial charge on any atom is -0.481 e.